The number of pyridine rings is 1. The molecule has 0 radical (unpaired) electrons. The van der Waals surface area contributed by atoms with Crippen LogP contribution in [0.4, 0.5) is 0 Å². The maximum Gasteiger partial charge on any atom is 0.179 e. The molecule has 19 heavy (non-hydrogen) atoms. The topological polar surface area (TPSA) is 33.6 Å². The van der Waals surface area contributed by atoms with Crippen LogP contribution in [0, 0.1) is 4.77 Å². The average molecular weight is 298 g/mol. The van der Waals surface area contributed by atoms with Crippen LogP contribution in [0.5, 0.6) is 0 Å². The number of hydrogen-bond donors (Lipinski definition) is 1. The van der Waals surface area contributed by atoms with Crippen LogP contribution < -0.4 is 0 Å². The highest BCUT2D eigenvalue weighted by Gasteiger charge is 2.15. The second-order valence-corrected chi connectivity index (χ2v) is 5.73. The molecule has 1 unspecified atom stereocenters. The highest BCUT2D eigenvalue weighted by molar-refractivity contribution is 7.71. The average Bonchev–Trinajstić information content (AvgIpc) is 2.69. The number of halogens is 1. The number of fused-ring (bicyclic) bond motifs is 1. The van der Waals surface area contributed by atoms with Gasteiger partial charge in [0.25, 0.3) is 0 Å². The van der Waals surface area contributed by atoms with Gasteiger partial charge in [0.1, 0.15) is 0 Å². The lowest BCUT2D eigenvalue weighted by Crippen LogP contribution is -2.09. The highest BCUT2D eigenvalue weighted by Crippen LogP contribution is 2.26. The lowest BCUT2D eigenvalue weighted by Gasteiger charge is -2.18. The molecule has 0 amide bonds. The first-order chi connectivity index (χ1) is 9.17. The first-order valence-corrected chi connectivity index (χ1v) is 7.71. The molecule has 0 fully saturated rings. The Labute approximate surface area is 124 Å². The monoisotopic (exact) mass is 297 g/mol. The zero-order valence-electron chi connectivity index (χ0n) is 11.4. The van der Waals surface area contributed by atoms with E-state index in [1.165, 1.54) is 12.8 Å². The number of unbranched alkanes of at least 4 members (excludes halogenated alkanes) is 1. The Hall–Kier alpha value is -0.870. The second-order valence-electron chi connectivity index (χ2n) is 4.91. The van der Waals surface area contributed by atoms with Gasteiger partial charge in [0, 0.05) is 12.2 Å². The molecule has 0 saturated heterocycles. The molecule has 2 aromatic heterocycles. The summed E-state index contributed by atoms with van der Waals surface area (Å²) in [6.07, 6.45) is 7.53. The van der Waals surface area contributed by atoms with Crippen molar-refractivity contribution >= 4 is 35.0 Å². The maximum absolute atomic E-state index is 5.98. The van der Waals surface area contributed by atoms with E-state index < -0.39 is 0 Å². The molecule has 0 aliphatic carbocycles. The third-order valence-corrected chi connectivity index (χ3v) is 3.91. The van der Waals surface area contributed by atoms with Crippen LogP contribution in [0.1, 0.15) is 52.0 Å². The van der Waals surface area contributed by atoms with Crippen molar-refractivity contribution < 1.29 is 0 Å². The summed E-state index contributed by atoms with van der Waals surface area (Å²) in [6, 6.07) is 2.32. The smallest absolute Gasteiger partial charge is 0.179 e. The van der Waals surface area contributed by atoms with Gasteiger partial charge >= 0.3 is 0 Å². The standard InChI is InChI=1S/C14H20ClN3S/c1-3-5-7-11(6-4-2)18-13-12(17-14(18)19)8-10(15)9-16-13/h8-9,11H,3-7H2,1-2H3,(H,17,19). The maximum atomic E-state index is 5.98. The van der Waals surface area contributed by atoms with Gasteiger partial charge in [0.05, 0.1) is 10.5 Å². The fourth-order valence-corrected chi connectivity index (χ4v) is 3.01. The van der Waals surface area contributed by atoms with E-state index in [1.54, 1.807) is 6.20 Å². The summed E-state index contributed by atoms with van der Waals surface area (Å²) < 4.78 is 2.92. The molecule has 2 rings (SSSR count). The van der Waals surface area contributed by atoms with E-state index in [9.17, 15) is 0 Å². The Balaban J connectivity index is 2.46. The Morgan fingerprint density at radius 2 is 2.16 bits per heavy atom. The van der Waals surface area contributed by atoms with Gasteiger partial charge in [-0.2, -0.15) is 0 Å². The van der Waals surface area contributed by atoms with E-state index >= 15 is 0 Å². The number of rotatable bonds is 6. The van der Waals surface area contributed by atoms with E-state index in [4.69, 9.17) is 23.8 Å². The van der Waals surface area contributed by atoms with Crippen LogP contribution in [0.25, 0.3) is 11.2 Å². The van der Waals surface area contributed by atoms with Crippen LogP contribution >= 0.6 is 23.8 Å². The Kier molecular flexibility index (Phi) is 4.99. The molecule has 1 N–H and O–H groups in total. The van der Waals surface area contributed by atoms with Crippen molar-refractivity contribution in [2.45, 2.75) is 52.0 Å². The Morgan fingerprint density at radius 1 is 1.37 bits per heavy atom. The number of imidazole rings is 1. The summed E-state index contributed by atoms with van der Waals surface area (Å²) in [5.74, 6) is 0. The van der Waals surface area contributed by atoms with Gasteiger partial charge in [-0.25, -0.2) is 4.98 Å². The molecule has 1 atom stereocenters. The van der Waals surface area contributed by atoms with Crippen molar-refractivity contribution in [1.29, 1.82) is 0 Å². The number of hydrogen-bond acceptors (Lipinski definition) is 2. The Bertz CT molecular complexity index is 602. The van der Waals surface area contributed by atoms with Crippen LogP contribution in [0.3, 0.4) is 0 Å². The van der Waals surface area contributed by atoms with Crippen molar-refractivity contribution in [1.82, 2.24) is 14.5 Å². The molecule has 5 heteroatoms. The zero-order valence-corrected chi connectivity index (χ0v) is 13.0. The first kappa shape index (κ1) is 14.5. The summed E-state index contributed by atoms with van der Waals surface area (Å²) >= 11 is 11.4. The second kappa shape index (κ2) is 6.53. The van der Waals surface area contributed by atoms with E-state index in [1.807, 2.05) is 6.07 Å². The molecule has 0 spiro atoms. The van der Waals surface area contributed by atoms with E-state index in [-0.39, 0.29) is 0 Å². The minimum Gasteiger partial charge on any atom is -0.329 e. The Morgan fingerprint density at radius 3 is 2.84 bits per heavy atom. The summed E-state index contributed by atoms with van der Waals surface area (Å²) in [6.45, 7) is 4.43. The van der Waals surface area contributed by atoms with E-state index in [2.05, 4.69) is 28.4 Å². The molecule has 3 nitrogen and oxygen atoms in total. The normalized spacial score (nSPS) is 13.0. The molecule has 0 aliphatic heterocycles. The van der Waals surface area contributed by atoms with Crippen LogP contribution in [0.15, 0.2) is 12.3 Å². The lowest BCUT2D eigenvalue weighted by atomic mass is 10.1. The molecular formula is C14H20ClN3S. The summed E-state index contributed by atoms with van der Waals surface area (Å²) in [4.78, 5) is 7.66. The van der Waals surface area contributed by atoms with Gasteiger partial charge in [-0.3, -0.25) is 4.57 Å². The minimum atomic E-state index is 0.430. The SMILES string of the molecule is CCCCC(CCC)n1c(=S)[nH]c2cc(Cl)cnc21. The number of aromatic nitrogens is 3. The van der Waals surface area contributed by atoms with Crippen molar-refractivity contribution in [3.05, 3.63) is 22.1 Å². The molecule has 0 bridgehead atoms. The van der Waals surface area contributed by atoms with Gasteiger partial charge in [-0.05, 0) is 31.1 Å². The van der Waals surface area contributed by atoms with Crippen LogP contribution in [0.2, 0.25) is 5.02 Å². The number of H-pyrrole nitrogens is 1. The third kappa shape index (κ3) is 3.18. The van der Waals surface area contributed by atoms with Gasteiger partial charge in [-0.1, -0.05) is 44.7 Å². The van der Waals surface area contributed by atoms with Gasteiger partial charge < -0.3 is 4.98 Å². The van der Waals surface area contributed by atoms with E-state index in [0.29, 0.717) is 11.1 Å². The third-order valence-electron chi connectivity index (χ3n) is 3.40. The quantitative estimate of drug-likeness (QED) is 0.736. The molecule has 2 heterocycles. The zero-order chi connectivity index (χ0) is 13.8. The molecule has 0 aromatic carbocycles. The van der Waals surface area contributed by atoms with Crippen molar-refractivity contribution in [3.63, 3.8) is 0 Å². The number of nitrogens with one attached hydrogen (secondary N) is 1. The molecule has 104 valence electrons. The van der Waals surface area contributed by atoms with Crippen LogP contribution in [-0.2, 0) is 0 Å². The van der Waals surface area contributed by atoms with Gasteiger partial charge in [0.15, 0.2) is 10.4 Å². The number of nitrogens with zero attached hydrogens (tertiary/aromatic N) is 2. The molecule has 0 saturated carbocycles. The predicted octanol–water partition coefficient (Wildman–Crippen LogP) is 5.28. The highest BCUT2D eigenvalue weighted by atomic mass is 35.5. The predicted molar refractivity (Wildman–Crippen MR) is 83.4 cm³/mol. The van der Waals surface area contributed by atoms with Gasteiger partial charge in [0.2, 0.25) is 0 Å². The minimum absolute atomic E-state index is 0.430. The summed E-state index contributed by atoms with van der Waals surface area (Å²) in [5, 5.41) is 0.636. The van der Waals surface area contributed by atoms with Crippen molar-refractivity contribution in [3.8, 4) is 0 Å². The summed E-state index contributed by atoms with van der Waals surface area (Å²) in [5.41, 5.74) is 1.85. The van der Waals surface area contributed by atoms with Crippen LogP contribution in [-0.4, -0.2) is 14.5 Å². The van der Waals surface area contributed by atoms with Crippen molar-refractivity contribution in [2.24, 2.45) is 0 Å². The molecule has 2 aromatic rings. The van der Waals surface area contributed by atoms with E-state index in [0.717, 1.165) is 35.2 Å². The van der Waals surface area contributed by atoms with Crippen molar-refractivity contribution in [2.75, 3.05) is 0 Å². The fourth-order valence-electron chi connectivity index (χ4n) is 2.50. The first-order valence-electron chi connectivity index (χ1n) is 6.93. The van der Waals surface area contributed by atoms with Gasteiger partial charge in [-0.15, -0.1) is 0 Å². The number of aromatic amines is 1. The molecule has 0 aliphatic rings. The fraction of sp³-hybridized carbons (Fsp3) is 0.571. The largest absolute Gasteiger partial charge is 0.329 e. The summed E-state index contributed by atoms with van der Waals surface area (Å²) in [7, 11) is 0. The molecular weight excluding hydrogens is 278 g/mol. The lowest BCUT2D eigenvalue weighted by molar-refractivity contribution is 0.420.